The van der Waals surface area contributed by atoms with Crippen LogP contribution in [0.15, 0.2) is 42.1 Å². The van der Waals surface area contributed by atoms with E-state index in [0.717, 1.165) is 17.1 Å². The number of aryl methyl sites for hydroxylation is 1. The monoisotopic (exact) mass is 517 g/mol. The number of allylic oxidation sites excluding steroid dienone is 1. The number of thioether (sulfide) groups is 1. The summed E-state index contributed by atoms with van der Waals surface area (Å²) < 4.78 is 18.0. The molecule has 0 bridgehead atoms. The molecule has 0 fully saturated rings. The van der Waals surface area contributed by atoms with E-state index in [1.165, 1.54) is 11.8 Å². The van der Waals surface area contributed by atoms with Crippen molar-refractivity contribution < 1.29 is 23.8 Å². The average Bonchev–Trinajstić information content (AvgIpc) is 3.41. The molecule has 0 saturated carbocycles. The van der Waals surface area contributed by atoms with Crippen molar-refractivity contribution in [3.05, 3.63) is 53.3 Å². The quantitative estimate of drug-likeness (QED) is 0.213. The molecule has 1 unspecified atom stereocenters. The molecule has 3 rings (SSSR count). The molecule has 0 aliphatic rings. The highest BCUT2D eigenvalue weighted by Gasteiger charge is 2.21. The normalized spacial score (nSPS) is 11.5. The van der Waals surface area contributed by atoms with Gasteiger partial charge in [0.25, 0.3) is 0 Å². The zero-order valence-electron chi connectivity index (χ0n) is 19.9. The summed E-state index contributed by atoms with van der Waals surface area (Å²) in [5.74, 6) is 1.36. The maximum atomic E-state index is 12.5. The smallest absolute Gasteiger partial charge is 0.350 e. The number of esters is 1. The largest absolute Gasteiger partial charge is 0.497 e. The van der Waals surface area contributed by atoms with Gasteiger partial charge in [-0.15, -0.1) is 16.8 Å². The Morgan fingerprint density at radius 2 is 1.97 bits per heavy atom. The lowest BCUT2D eigenvalue weighted by Gasteiger charge is -2.16. The minimum Gasteiger partial charge on any atom is -0.497 e. The molecule has 12 heteroatoms. The molecule has 1 aromatic carbocycles. The van der Waals surface area contributed by atoms with Crippen LogP contribution in [0.2, 0.25) is 0 Å². The number of carbonyl (C=O) groups excluding carboxylic acids is 2. The lowest BCUT2D eigenvalue weighted by Crippen LogP contribution is -2.15. The van der Waals surface area contributed by atoms with Crippen LogP contribution in [0.1, 0.15) is 41.1 Å². The van der Waals surface area contributed by atoms with Gasteiger partial charge in [-0.1, -0.05) is 29.2 Å². The molecule has 35 heavy (non-hydrogen) atoms. The van der Waals surface area contributed by atoms with Gasteiger partial charge in [0.2, 0.25) is 5.91 Å². The third kappa shape index (κ3) is 6.83. The van der Waals surface area contributed by atoms with Crippen LogP contribution in [0.5, 0.6) is 11.5 Å². The van der Waals surface area contributed by atoms with Gasteiger partial charge in [0.15, 0.2) is 22.2 Å². The maximum absolute atomic E-state index is 12.5. The van der Waals surface area contributed by atoms with Crippen molar-refractivity contribution in [2.24, 2.45) is 0 Å². The highest BCUT2D eigenvalue weighted by atomic mass is 32.2. The number of aromatic nitrogens is 4. The molecule has 2 aromatic heterocycles. The van der Waals surface area contributed by atoms with Crippen LogP contribution in [-0.4, -0.2) is 51.1 Å². The maximum Gasteiger partial charge on any atom is 0.350 e. The summed E-state index contributed by atoms with van der Waals surface area (Å²) in [6, 6.07) is 7.26. The molecule has 0 aliphatic heterocycles. The fraction of sp³-hybridized carbons (Fsp3) is 0.348. The predicted molar refractivity (Wildman–Crippen MR) is 134 cm³/mol. The van der Waals surface area contributed by atoms with Gasteiger partial charge in [0, 0.05) is 6.54 Å². The van der Waals surface area contributed by atoms with Crippen LogP contribution in [0.25, 0.3) is 0 Å². The second-order valence-electron chi connectivity index (χ2n) is 7.17. The van der Waals surface area contributed by atoms with E-state index >= 15 is 0 Å². The molecule has 3 aromatic rings. The van der Waals surface area contributed by atoms with E-state index < -0.39 is 12.1 Å². The molecule has 186 valence electrons. The number of hydrogen-bond donors (Lipinski definition) is 1. The fourth-order valence-electron chi connectivity index (χ4n) is 3.04. The average molecular weight is 518 g/mol. The molecule has 0 radical (unpaired) electrons. The summed E-state index contributed by atoms with van der Waals surface area (Å²) in [4.78, 5) is 29.1. The van der Waals surface area contributed by atoms with Gasteiger partial charge < -0.3 is 19.5 Å². The van der Waals surface area contributed by atoms with Crippen molar-refractivity contribution in [1.82, 2.24) is 19.7 Å². The topological polar surface area (TPSA) is 117 Å². The summed E-state index contributed by atoms with van der Waals surface area (Å²) in [5, 5.41) is 12.1. The van der Waals surface area contributed by atoms with Gasteiger partial charge in [-0.3, -0.25) is 9.36 Å². The van der Waals surface area contributed by atoms with Gasteiger partial charge in [-0.25, -0.2) is 9.78 Å². The lowest BCUT2D eigenvalue weighted by molar-refractivity contribution is -0.113. The standard InChI is InChI=1S/C23H27N5O5S2/c1-6-12-28-20(15(4)33-17-10-8-16(31-5)9-11-17)26-27-23(28)34-13-18(29)25-22-24-14(3)19(35-22)21(30)32-7-2/h6,8-11,15H,1,7,12-13H2,2-5H3,(H,24,25,29). The number of nitrogens with zero attached hydrogens (tertiary/aromatic N) is 4. The predicted octanol–water partition coefficient (Wildman–Crippen LogP) is 4.29. The number of benzene rings is 1. The van der Waals surface area contributed by atoms with Crippen molar-refractivity contribution in [2.45, 2.75) is 38.6 Å². The van der Waals surface area contributed by atoms with Crippen LogP contribution in [0, 0.1) is 6.92 Å². The summed E-state index contributed by atoms with van der Waals surface area (Å²) in [6.07, 6.45) is 1.34. The third-order valence-electron chi connectivity index (χ3n) is 4.63. The number of carbonyl (C=O) groups is 2. The Bertz CT molecular complexity index is 1180. The van der Waals surface area contributed by atoms with Crippen molar-refractivity contribution in [3.8, 4) is 11.5 Å². The van der Waals surface area contributed by atoms with Gasteiger partial charge in [0.05, 0.1) is 25.2 Å². The number of anilines is 1. The zero-order valence-corrected chi connectivity index (χ0v) is 21.6. The second-order valence-corrected chi connectivity index (χ2v) is 9.11. The Morgan fingerprint density at radius 1 is 1.26 bits per heavy atom. The SMILES string of the molecule is C=CCn1c(SCC(=O)Nc2nc(C)c(C(=O)OCC)s2)nnc1C(C)Oc1ccc(OC)cc1. The second kappa shape index (κ2) is 12.4. The first kappa shape index (κ1) is 26.2. The van der Waals surface area contributed by atoms with Crippen LogP contribution >= 0.6 is 23.1 Å². The summed E-state index contributed by atoms with van der Waals surface area (Å²) in [6.45, 7) is 9.83. The first-order valence-corrected chi connectivity index (χ1v) is 12.6. The Hall–Kier alpha value is -3.38. The molecule has 10 nitrogen and oxygen atoms in total. The number of methoxy groups -OCH3 is 1. The highest BCUT2D eigenvalue weighted by Crippen LogP contribution is 2.27. The van der Waals surface area contributed by atoms with E-state index in [1.54, 1.807) is 27.0 Å². The molecule has 0 saturated heterocycles. The number of thiazole rings is 1. The van der Waals surface area contributed by atoms with Crippen LogP contribution in [-0.2, 0) is 16.1 Å². The van der Waals surface area contributed by atoms with Gasteiger partial charge in [-0.05, 0) is 45.0 Å². The first-order chi connectivity index (χ1) is 16.9. The summed E-state index contributed by atoms with van der Waals surface area (Å²) >= 11 is 2.31. The number of nitrogens with one attached hydrogen (secondary N) is 1. The van der Waals surface area contributed by atoms with Gasteiger partial charge in [-0.2, -0.15) is 0 Å². The Morgan fingerprint density at radius 3 is 2.63 bits per heavy atom. The number of rotatable bonds is 12. The van der Waals surface area contributed by atoms with Crippen molar-refractivity contribution in [2.75, 3.05) is 24.8 Å². The fourth-order valence-corrected chi connectivity index (χ4v) is 4.67. The summed E-state index contributed by atoms with van der Waals surface area (Å²) in [5.41, 5.74) is 0.512. The number of ether oxygens (including phenoxy) is 3. The first-order valence-electron chi connectivity index (χ1n) is 10.8. The molecular weight excluding hydrogens is 490 g/mol. The van der Waals surface area contributed by atoms with E-state index in [4.69, 9.17) is 14.2 Å². The molecular formula is C23H27N5O5S2. The van der Waals surface area contributed by atoms with Crippen LogP contribution in [0.3, 0.4) is 0 Å². The Balaban J connectivity index is 1.64. The van der Waals surface area contributed by atoms with Crippen LogP contribution in [0.4, 0.5) is 5.13 Å². The van der Waals surface area contributed by atoms with Gasteiger partial charge in [0.1, 0.15) is 16.4 Å². The van der Waals surface area contributed by atoms with Crippen molar-refractivity contribution >= 4 is 40.1 Å². The van der Waals surface area contributed by atoms with Crippen molar-refractivity contribution in [1.29, 1.82) is 0 Å². The van der Waals surface area contributed by atoms with Crippen molar-refractivity contribution in [3.63, 3.8) is 0 Å². The number of amides is 1. The Labute approximate surface area is 211 Å². The molecule has 0 spiro atoms. The molecule has 1 atom stereocenters. The molecule has 0 aliphatic carbocycles. The highest BCUT2D eigenvalue weighted by molar-refractivity contribution is 7.99. The minimum atomic E-state index is -0.451. The van der Waals surface area contributed by atoms with E-state index in [9.17, 15) is 9.59 Å². The van der Waals surface area contributed by atoms with Gasteiger partial charge >= 0.3 is 5.97 Å². The lowest BCUT2D eigenvalue weighted by atomic mass is 10.3. The summed E-state index contributed by atoms with van der Waals surface area (Å²) in [7, 11) is 1.61. The zero-order chi connectivity index (χ0) is 25.4. The molecule has 2 heterocycles. The van der Waals surface area contributed by atoms with Crippen LogP contribution < -0.4 is 14.8 Å². The van der Waals surface area contributed by atoms with E-state index in [1.807, 2.05) is 35.8 Å². The van der Waals surface area contributed by atoms with E-state index in [0.29, 0.717) is 39.0 Å². The molecule has 1 amide bonds. The number of hydrogen-bond acceptors (Lipinski definition) is 10. The molecule has 1 N–H and O–H groups in total. The third-order valence-corrected chi connectivity index (χ3v) is 6.65. The Kier molecular flexibility index (Phi) is 9.26. The van der Waals surface area contributed by atoms with E-state index in [2.05, 4.69) is 27.1 Å². The van der Waals surface area contributed by atoms with E-state index in [-0.39, 0.29) is 18.3 Å². The minimum absolute atomic E-state index is 0.0797.